The van der Waals surface area contributed by atoms with Crippen molar-refractivity contribution in [2.45, 2.75) is 58.1 Å². The van der Waals surface area contributed by atoms with Gasteiger partial charge in [-0.05, 0) is 31.7 Å². The summed E-state index contributed by atoms with van der Waals surface area (Å²) in [4.78, 5) is 12.4. The molecule has 0 saturated heterocycles. The van der Waals surface area contributed by atoms with E-state index in [1.54, 1.807) is 7.11 Å². The molecule has 0 aromatic carbocycles. The summed E-state index contributed by atoms with van der Waals surface area (Å²) in [5.74, 6) is 0.703. The molecule has 3 N–H and O–H groups in total. The molecule has 110 valence electrons. The molecular weight excluding hydrogens is 240 g/mol. The number of methoxy groups -OCH3 is 1. The van der Waals surface area contributed by atoms with Crippen molar-refractivity contribution in [2.24, 2.45) is 23.0 Å². The normalized spacial score (nSPS) is 37.5. The van der Waals surface area contributed by atoms with Gasteiger partial charge in [-0.1, -0.05) is 26.7 Å². The maximum atomic E-state index is 12.4. The Bertz CT molecular complexity index is 330. The molecule has 0 spiro atoms. The van der Waals surface area contributed by atoms with Crippen molar-refractivity contribution >= 4 is 5.91 Å². The molecule has 0 heterocycles. The van der Waals surface area contributed by atoms with Crippen LogP contribution in [-0.4, -0.2) is 31.7 Å². The number of carbonyl (C=O) groups is 1. The van der Waals surface area contributed by atoms with Crippen LogP contribution in [0.15, 0.2) is 0 Å². The molecule has 0 aliphatic heterocycles. The summed E-state index contributed by atoms with van der Waals surface area (Å²) in [6.07, 6.45) is 5.65. The summed E-state index contributed by atoms with van der Waals surface area (Å²) < 4.78 is 5.43. The van der Waals surface area contributed by atoms with Gasteiger partial charge in [-0.2, -0.15) is 0 Å². The molecule has 4 nitrogen and oxygen atoms in total. The molecule has 1 amide bonds. The monoisotopic (exact) mass is 268 g/mol. The molecule has 2 rings (SSSR count). The Balaban J connectivity index is 1.91. The van der Waals surface area contributed by atoms with E-state index >= 15 is 0 Å². The first-order chi connectivity index (χ1) is 9.00. The third kappa shape index (κ3) is 2.79. The van der Waals surface area contributed by atoms with Crippen LogP contribution in [0.4, 0.5) is 0 Å². The molecule has 4 atom stereocenters. The average Bonchev–Trinajstić information content (AvgIpc) is 2.42. The summed E-state index contributed by atoms with van der Waals surface area (Å²) in [5.41, 5.74) is 5.84. The van der Waals surface area contributed by atoms with E-state index in [0.717, 1.165) is 25.7 Å². The number of nitrogens with two attached hydrogens (primary N) is 1. The van der Waals surface area contributed by atoms with E-state index in [-0.39, 0.29) is 29.4 Å². The molecule has 2 aliphatic rings. The number of nitrogens with one attached hydrogen (secondary N) is 1. The summed E-state index contributed by atoms with van der Waals surface area (Å²) >= 11 is 0. The second-order valence-corrected chi connectivity index (χ2v) is 6.73. The van der Waals surface area contributed by atoms with Crippen molar-refractivity contribution in [3.05, 3.63) is 0 Å². The van der Waals surface area contributed by atoms with Crippen molar-refractivity contribution in [2.75, 3.05) is 13.7 Å². The molecular formula is C15H28N2O2. The van der Waals surface area contributed by atoms with Gasteiger partial charge in [0.25, 0.3) is 0 Å². The highest BCUT2D eigenvalue weighted by Gasteiger charge is 2.49. The minimum atomic E-state index is 0.0390. The largest absolute Gasteiger partial charge is 0.381 e. The Labute approximate surface area is 116 Å². The second kappa shape index (κ2) is 5.80. The molecule has 4 heteroatoms. The maximum Gasteiger partial charge on any atom is 0.223 e. The van der Waals surface area contributed by atoms with Crippen molar-refractivity contribution in [3.8, 4) is 0 Å². The quantitative estimate of drug-likeness (QED) is 0.815. The van der Waals surface area contributed by atoms with Gasteiger partial charge >= 0.3 is 0 Å². The SMILES string of the molecule is COC1CC(NC(=O)C2CCCCC2CN)C1(C)C. The number of rotatable bonds is 4. The first kappa shape index (κ1) is 14.8. The van der Waals surface area contributed by atoms with E-state index < -0.39 is 0 Å². The zero-order valence-electron chi connectivity index (χ0n) is 12.4. The topological polar surface area (TPSA) is 64.3 Å². The van der Waals surface area contributed by atoms with Gasteiger partial charge in [0.1, 0.15) is 0 Å². The number of hydrogen-bond donors (Lipinski definition) is 2. The predicted octanol–water partition coefficient (Wildman–Crippen LogP) is 1.68. The average molecular weight is 268 g/mol. The lowest BCUT2D eigenvalue weighted by Crippen LogP contribution is -2.62. The Morgan fingerprint density at radius 1 is 1.37 bits per heavy atom. The third-order valence-electron chi connectivity index (χ3n) is 5.33. The Hall–Kier alpha value is -0.610. The minimum Gasteiger partial charge on any atom is -0.381 e. The molecule has 0 aromatic rings. The molecule has 4 unspecified atom stereocenters. The van der Waals surface area contributed by atoms with Gasteiger partial charge in [-0.15, -0.1) is 0 Å². The van der Waals surface area contributed by atoms with E-state index in [4.69, 9.17) is 10.5 Å². The summed E-state index contributed by atoms with van der Waals surface area (Å²) in [6, 6.07) is 0.241. The van der Waals surface area contributed by atoms with Crippen LogP contribution in [0.25, 0.3) is 0 Å². The fraction of sp³-hybridized carbons (Fsp3) is 0.933. The third-order valence-corrected chi connectivity index (χ3v) is 5.33. The lowest BCUT2D eigenvalue weighted by atomic mass is 9.64. The molecule has 0 aromatic heterocycles. The highest BCUT2D eigenvalue weighted by atomic mass is 16.5. The van der Waals surface area contributed by atoms with Gasteiger partial charge in [-0.3, -0.25) is 4.79 Å². The van der Waals surface area contributed by atoms with Crippen molar-refractivity contribution < 1.29 is 9.53 Å². The highest BCUT2D eigenvalue weighted by Crippen LogP contribution is 2.42. The Kier molecular flexibility index (Phi) is 4.51. The number of hydrogen-bond acceptors (Lipinski definition) is 3. The fourth-order valence-electron chi connectivity index (χ4n) is 3.64. The van der Waals surface area contributed by atoms with Crippen LogP contribution < -0.4 is 11.1 Å². The summed E-state index contributed by atoms with van der Waals surface area (Å²) in [7, 11) is 1.75. The second-order valence-electron chi connectivity index (χ2n) is 6.73. The van der Waals surface area contributed by atoms with Crippen LogP contribution in [0, 0.1) is 17.3 Å². The van der Waals surface area contributed by atoms with E-state index in [1.807, 2.05) is 0 Å². The van der Waals surface area contributed by atoms with Crippen LogP contribution in [0.2, 0.25) is 0 Å². The molecule has 19 heavy (non-hydrogen) atoms. The summed E-state index contributed by atoms with van der Waals surface area (Å²) in [6.45, 7) is 4.96. The van der Waals surface area contributed by atoms with Crippen molar-refractivity contribution in [1.29, 1.82) is 0 Å². The van der Waals surface area contributed by atoms with E-state index in [1.165, 1.54) is 6.42 Å². The zero-order valence-corrected chi connectivity index (χ0v) is 12.4. The van der Waals surface area contributed by atoms with Gasteiger partial charge < -0.3 is 15.8 Å². The Morgan fingerprint density at radius 3 is 2.63 bits per heavy atom. The molecule has 0 bridgehead atoms. The van der Waals surface area contributed by atoms with Crippen LogP contribution in [0.1, 0.15) is 46.0 Å². The van der Waals surface area contributed by atoms with E-state index in [9.17, 15) is 4.79 Å². The lowest BCUT2D eigenvalue weighted by Gasteiger charge is -2.51. The van der Waals surface area contributed by atoms with Gasteiger partial charge in [0.05, 0.1) is 6.10 Å². The van der Waals surface area contributed by atoms with E-state index in [2.05, 4.69) is 19.2 Å². The maximum absolute atomic E-state index is 12.4. The molecule has 2 fully saturated rings. The van der Waals surface area contributed by atoms with Crippen LogP contribution in [-0.2, 0) is 9.53 Å². The molecule has 2 saturated carbocycles. The van der Waals surface area contributed by atoms with Crippen LogP contribution >= 0.6 is 0 Å². The number of ether oxygens (including phenoxy) is 1. The lowest BCUT2D eigenvalue weighted by molar-refractivity contribution is -0.138. The molecule has 0 radical (unpaired) electrons. The Morgan fingerprint density at radius 2 is 2.05 bits per heavy atom. The standard InChI is InChI=1S/C15H28N2O2/c1-15(2)12(8-13(15)19-3)17-14(18)11-7-5-4-6-10(11)9-16/h10-13H,4-9,16H2,1-3H3,(H,17,18). The van der Waals surface area contributed by atoms with Crippen LogP contribution in [0.5, 0.6) is 0 Å². The fourth-order valence-corrected chi connectivity index (χ4v) is 3.64. The highest BCUT2D eigenvalue weighted by molar-refractivity contribution is 5.79. The number of amides is 1. The molecule has 2 aliphatic carbocycles. The van der Waals surface area contributed by atoms with Gasteiger partial charge in [-0.25, -0.2) is 0 Å². The van der Waals surface area contributed by atoms with Crippen LogP contribution in [0.3, 0.4) is 0 Å². The summed E-state index contributed by atoms with van der Waals surface area (Å²) in [5, 5.41) is 3.23. The predicted molar refractivity (Wildman–Crippen MR) is 75.6 cm³/mol. The van der Waals surface area contributed by atoms with Crippen molar-refractivity contribution in [1.82, 2.24) is 5.32 Å². The minimum absolute atomic E-state index is 0.0390. The van der Waals surface area contributed by atoms with Crippen molar-refractivity contribution in [3.63, 3.8) is 0 Å². The number of carbonyl (C=O) groups excluding carboxylic acids is 1. The smallest absolute Gasteiger partial charge is 0.223 e. The van der Waals surface area contributed by atoms with E-state index in [0.29, 0.717) is 12.5 Å². The zero-order chi connectivity index (χ0) is 14.0. The van der Waals surface area contributed by atoms with Gasteiger partial charge in [0, 0.05) is 24.5 Å². The first-order valence-electron chi connectivity index (χ1n) is 7.54. The first-order valence-corrected chi connectivity index (χ1v) is 7.54. The van der Waals surface area contributed by atoms with Gasteiger partial charge in [0.2, 0.25) is 5.91 Å². The van der Waals surface area contributed by atoms with Gasteiger partial charge in [0.15, 0.2) is 0 Å².